The van der Waals surface area contributed by atoms with Gasteiger partial charge in [0.2, 0.25) is 0 Å². The summed E-state index contributed by atoms with van der Waals surface area (Å²) < 4.78 is 70.4. The van der Waals surface area contributed by atoms with Crippen LogP contribution in [0.3, 0.4) is 0 Å². The van der Waals surface area contributed by atoms with E-state index in [1.54, 1.807) is 0 Å². The zero-order valence-corrected chi connectivity index (χ0v) is 18.0. The van der Waals surface area contributed by atoms with Gasteiger partial charge in [0.25, 0.3) is 5.78 Å². The number of nitrogens with one attached hydrogen (secondary N) is 1. The Bertz CT molecular complexity index is 1170. The van der Waals surface area contributed by atoms with E-state index in [-0.39, 0.29) is 11.3 Å². The Labute approximate surface area is 185 Å². The molecule has 0 aliphatic heterocycles. The first-order chi connectivity index (χ1) is 15.0. The van der Waals surface area contributed by atoms with Gasteiger partial charge in [-0.05, 0) is 33.2 Å². The molecule has 1 aromatic carbocycles. The molecule has 12 heteroatoms. The second kappa shape index (κ2) is 9.26. The Hall–Kier alpha value is -2.97. The van der Waals surface area contributed by atoms with E-state index in [0.29, 0.717) is 13.0 Å². The van der Waals surface area contributed by atoms with Crippen LogP contribution in [0.5, 0.6) is 0 Å². The predicted molar refractivity (Wildman–Crippen MR) is 110 cm³/mol. The summed E-state index contributed by atoms with van der Waals surface area (Å²) in [7, 11) is 3.73. The normalized spacial score (nSPS) is 12.7. The summed E-state index contributed by atoms with van der Waals surface area (Å²) in [6.07, 6.45) is -3.13. The number of fused-ring (bicyclic) bond motifs is 1. The first kappa shape index (κ1) is 23.7. The van der Waals surface area contributed by atoms with E-state index in [4.69, 9.17) is 11.6 Å². The maximum atomic E-state index is 15.0. The Morgan fingerprint density at radius 3 is 2.44 bits per heavy atom. The summed E-state index contributed by atoms with van der Waals surface area (Å²) in [6.45, 7) is 1.52. The molecule has 3 rings (SSSR count). The third kappa shape index (κ3) is 5.08. The Morgan fingerprint density at radius 1 is 1.19 bits per heavy atom. The molecule has 0 fully saturated rings. The quantitative estimate of drug-likeness (QED) is 0.339. The van der Waals surface area contributed by atoms with Crippen molar-refractivity contribution in [3.63, 3.8) is 0 Å². The fourth-order valence-electron chi connectivity index (χ4n) is 2.79. The van der Waals surface area contributed by atoms with Crippen molar-refractivity contribution in [3.05, 3.63) is 40.8 Å². The lowest BCUT2D eigenvalue weighted by Gasteiger charge is -2.21. The minimum absolute atomic E-state index is 0.0755. The smallest absolute Gasteiger partial charge is 0.358 e. The number of nitrogens with zero attached hydrogens (tertiary/aromatic N) is 5. The van der Waals surface area contributed by atoms with Crippen LogP contribution < -0.4 is 5.32 Å². The molecule has 0 unspecified atom stereocenters. The van der Waals surface area contributed by atoms with E-state index in [1.807, 2.05) is 19.0 Å². The number of halogens is 6. The van der Waals surface area contributed by atoms with E-state index in [2.05, 4.69) is 32.2 Å². The number of alkyl halides is 3. The highest BCUT2D eigenvalue weighted by Crippen LogP contribution is 2.38. The van der Waals surface area contributed by atoms with Gasteiger partial charge in [-0.25, -0.2) is 8.78 Å². The lowest BCUT2D eigenvalue weighted by molar-refractivity contribution is -0.138. The Morgan fingerprint density at radius 2 is 1.84 bits per heavy atom. The van der Waals surface area contributed by atoms with Gasteiger partial charge in [0, 0.05) is 18.5 Å². The molecule has 32 heavy (non-hydrogen) atoms. The molecule has 3 aromatic rings. The zero-order valence-electron chi connectivity index (χ0n) is 17.2. The molecule has 0 radical (unpaired) electrons. The van der Waals surface area contributed by atoms with Crippen LogP contribution in [0.15, 0.2) is 18.5 Å². The van der Waals surface area contributed by atoms with Crippen molar-refractivity contribution < 1.29 is 22.0 Å². The maximum absolute atomic E-state index is 15.0. The second-order valence-corrected chi connectivity index (χ2v) is 7.53. The average molecular weight is 473 g/mol. The van der Waals surface area contributed by atoms with Crippen LogP contribution in [0.25, 0.3) is 16.9 Å². The average Bonchev–Trinajstić information content (AvgIpc) is 3.13. The molecule has 0 saturated carbocycles. The molecule has 2 heterocycles. The van der Waals surface area contributed by atoms with E-state index >= 15 is 0 Å². The lowest BCUT2D eigenvalue weighted by Crippen LogP contribution is -2.34. The minimum Gasteiger partial charge on any atom is -0.358 e. The summed E-state index contributed by atoms with van der Waals surface area (Å²) in [5.74, 6) is 2.82. The van der Waals surface area contributed by atoms with Crippen molar-refractivity contribution in [1.29, 1.82) is 0 Å². The molecule has 0 aliphatic carbocycles. The Balaban J connectivity index is 2.13. The number of benzene rings is 1. The third-order valence-electron chi connectivity index (χ3n) is 4.44. The van der Waals surface area contributed by atoms with E-state index < -0.39 is 46.0 Å². The van der Waals surface area contributed by atoms with Crippen molar-refractivity contribution in [2.24, 2.45) is 0 Å². The van der Waals surface area contributed by atoms with Crippen LogP contribution >= 0.6 is 11.6 Å². The molecule has 0 aliphatic rings. The number of hydrogen-bond donors (Lipinski definition) is 1. The highest BCUT2D eigenvalue weighted by atomic mass is 35.5. The fourth-order valence-corrected chi connectivity index (χ4v) is 3.05. The largest absolute Gasteiger partial charge is 0.408 e. The van der Waals surface area contributed by atoms with Gasteiger partial charge in [0.05, 0.1) is 11.1 Å². The van der Waals surface area contributed by atoms with Gasteiger partial charge in [-0.3, -0.25) is 0 Å². The number of rotatable bonds is 5. The van der Waals surface area contributed by atoms with Gasteiger partial charge in [-0.15, -0.1) is 0 Å². The standard InChI is InChI=1S/C20H18ClF5N6/c1-11(20(24,25)26)29-18-16(17(21)30-19-27-10-28-32(18)19)15-13(22)8-12(9-14(15)23)6-4-5-7-31(2)3/h8-11,29H,5,7H2,1-3H3/t11-/m0/s1. The van der Waals surface area contributed by atoms with Gasteiger partial charge in [0.1, 0.15) is 35.0 Å². The molecule has 2 aromatic heterocycles. The highest BCUT2D eigenvalue weighted by Gasteiger charge is 2.37. The van der Waals surface area contributed by atoms with Gasteiger partial charge in [-0.1, -0.05) is 23.4 Å². The summed E-state index contributed by atoms with van der Waals surface area (Å²) in [6, 6.07) is -0.111. The predicted octanol–water partition coefficient (Wildman–Crippen LogP) is 4.39. The summed E-state index contributed by atoms with van der Waals surface area (Å²) in [5, 5.41) is 5.55. The van der Waals surface area contributed by atoms with E-state index in [9.17, 15) is 22.0 Å². The summed E-state index contributed by atoms with van der Waals surface area (Å²) in [5.41, 5.74) is -0.995. The molecule has 6 nitrogen and oxygen atoms in total. The fraction of sp³-hybridized carbons (Fsp3) is 0.350. The number of anilines is 1. The van der Waals surface area contributed by atoms with Gasteiger partial charge >= 0.3 is 6.18 Å². The lowest BCUT2D eigenvalue weighted by atomic mass is 10.0. The zero-order chi connectivity index (χ0) is 23.6. The second-order valence-electron chi connectivity index (χ2n) is 7.18. The Kier molecular flexibility index (Phi) is 6.85. The minimum atomic E-state index is -4.65. The van der Waals surface area contributed by atoms with Crippen LogP contribution in [0.2, 0.25) is 5.15 Å². The van der Waals surface area contributed by atoms with Crippen molar-refractivity contribution >= 4 is 23.2 Å². The highest BCUT2D eigenvalue weighted by molar-refractivity contribution is 6.33. The molecule has 0 saturated heterocycles. The number of hydrogen-bond acceptors (Lipinski definition) is 5. The molecule has 170 valence electrons. The molecule has 0 bridgehead atoms. The summed E-state index contributed by atoms with van der Waals surface area (Å²) in [4.78, 5) is 9.58. The molecule has 0 spiro atoms. The molecular formula is C20H18ClF5N6. The van der Waals surface area contributed by atoms with Gasteiger partial charge < -0.3 is 10.2 Å². The summed E-state index contributed by atoms with van der Waals surface area (Å²) >= 11 is 6.13. The van der Waals surface area contributed by atoms with E-state index in [0.717, 1.165) is 29.9 Å². The van der Waals surface area contributed by atoms with Gasteiger partial charge in [-0.2, -0.15) is 32.8 Å². The van der Waals surface area contributed by atoms with E-state index in [1.165, 1.54) is 0 Å². The van der Waals surface area contributed by atoms with Crippen LogP contribution in [0.4, 0.5) is 27.8 Å². The van der Waals surface area contributed by atoms with Crippen LogP contribution in [-0.2, 0) is 0 Å². The maximum Gasteiger partial charge on any atom is 0.408 e. The first-order valence-corrected chi connectivity index (χ1v) is 9.72. The molecule has 1 atom stereocenters. The molecule has 1 N–H and O–H groups in total. The van der Waals surface area contributed by atoms with Crippen molar-refractivity contribution in [3.8, 4) is 23.0 Å². The monoisotopic (exact) mass is 472 g/mol. The third-order valence-corrected chi connectivity index (χ3v) is 4.71. The van der Waals surface area contributed by atoms with Crippen molar-refractivity contribution in [1.82, 2.24) is 24.5 Å². The van der Waals surface area contributed by atoms with Crippen LogP contribution in [-0.4, -0.2) is 57.3 Å². The molecular weight excluding hydrogens is 455 g/mol. The first-order valence-electron chi connectivity index (χ1n) is 9.34. The van der Waals surface area contributed by atoms with Crippen LogP contribution in [0.1, 0.15) is 18.9 Å². The SMILES string of the molecule is C[C@H](Nc1c(-c2c(F)cc(C#CCCN(C)C)cc2F)c(Cl)nc2ncnn12)C(F)(F)F. The molecule has 0 amide bonds. The topological polar surface area (TPSA) is 58.3 Å². The number of aromatic nitrogens is 4. The van der Waals surface area contributed by atoms with Gasteiger partial charge in [0.15, 0.2) is 0 Å². The van der Waals surface area contributed by atoms with Crippen LogP contribution in [0, 0.1) is 23.5 Å². The van der Waals surface area contributed by atoms with Crippen molar-refractivity contribution in [2.45, 2.75) is 25.6 Å². The van der Waals surface area contributed by atoms with Crippen molar-refractivity contribution in [2.75, 3.05) is 26.0 Å².